The van der Waals surface area contributed by atoms with Gasteiger partial charge in [0.1, 0.15) is 0 Å². The van der Waals surface area contributed by atoms with Gasteiger partial charge in [-0.2, -0.15) is 0 Å². The average Bonchev–Trinajstić information content (AvgIpc) is 2.60. The van der Waals surface area contributed by atoms with E-state index in [1.807, 2.05) is 0 Å². The van der Waals surface area contributed by atoms with Gasteiger partial charge in [-0.25, -0.2) is 8.42 Å². The molecule has 0 saturated carbocycles. The van der Waals surface area contributed by atoms with Gasteiger partial charge in [0.15, 0.2) is 9.84 Å². The standard InChI is InChI=1S/C8H16N2O2S/c1-8(2)7(9-8)10-3-5-13(11,12)6-4-10/h7,9H,3-6H2,1-2H3. The minimum Gasteiger partial charge on any atom is -0.292 e. The lowest BCUT2D eigenvalue weighted by molar-refractivity contribution is 0.266. The first-order valence-corrected chi connectivity index (χ1v) is 6.45. The van der Waals surface area contributed by atoms with Crippen LogP contribution in [0.1, 0.15) is 13.8 Å². The van der Waals surface area contributed by atoms with Crippen LogP contribution >= 0.6 is 0 Å². The summed E-state index contributed by atoms with van der Waals surface area (Å²) in [4.78, 5) is 2.22. The maximum absolute atomic E-state index is 11.2. The molecule has 1 N–H and O–H groups in total. The average molecular weight is 204 g/mol. The summed E-state index contributed by atoms with van der Waals surface area (Å²) in [7, 11) is -2.73. The molecular formula is C8H16N2O2S. The molecule has 2 heterocycles. The van der Waals surface area contributed by atoms with Crippen LogP contribution in [0.5, 0.6) is 0 Å². The van der Waals surface area contributed by atoms with Gasteiger partial charge in [0, 0.05) is 18.6 Å². The van der Waals surface area contributed by atoms with Crippen LogP contribution in [0, 0.1) is 0 Å². The van der Waals surface area contributed by atoms with E-state index in [2.05, 4.69) is 24.1 Å². The smallest absolute Gasteiger partial charge is 0.152 e. The fourth-order valence-corrected chi connectivity index (χ4v) is 3.07. The van der Waals surface area contributed by atoms with Crippen LogP contribution in [0.3, 0.4) is 0 Å². The third kappa shape index (κ3) is 1.87. The van der Waals surface area contributed by atoms with Crippen molar-refractivity contribution < 1.29 is 8.42 Å². The van der Waals surface area contributed by atoms with Crippen molar-refractivity contribution in [1.82, 2.24) is 10.2 Å². The monoisotopic (exact) mass is 204 g/mol. The molecule has 13 heavy (non-hydrogen) atoms. The van der Waals surface area contributed by atoms with Crippen molar-refractivity contribution >= 4 is 9.84 Å². The van der Waals surface area contributed by atoms with Gasteiger partial charge in [-0.05, 0) is 13.8 Å². The summed E-state index contributed by atoms with van der Waals surface area (Å²) in [5.74, 6) is 0.641. The number of nitrogens with zero attached hydrogens (tertiary/aromatic N) is 1. The maximum atomic E-state index is 11.2. The summed E-state index contributed by atoms with van der Waals surface area (Å²) >= 11 is 0. The topological polar surface area (TPSA) is 59.3 Å². The molecule has 0 aromatic carbocycles. The van der Waals surface area contributed by atoms with Gasteiger partial charge >= 0.3 is 0 Å². The number of hydrogen-bond acceptors (Lipinski definition) is 4. The molecule has 0 aromatic heterocycles. The molecule has 1 atom stereocenters. The lowest BCUT2D eigenvalue weighted by Crippen LogP contribution is -2.43. The van der Waals surface area contributed by atoms with Gasteiger partial charge in [0.05, 0.1) is 17.7 Å². The third-order valence-electron chi connectivity index (χ3n) is 2.85. The molecule has 0 aromatic rings. The van der Waals surface area contributed by atoms with Crippen molar-refractivity contribution in [3.63, 3.8) is 0 Å². The van der Waals surface area contributed by atoms with E-state index in [0.717, 1.165) is 0 Å². The van der Waals surface area contributed by atoms with Crippen molar-refractivity contribution in [1.29, 1.82) is 0 Å². The minimum atomic E-state index is -2.73. The fraction of sp³-hybridized carbons (Fsp3) is 1.00. The van der Waals surface area contributed by atoms with Crippen molar-refractivity contribution in [3.8, 4) is 0 Å². The van der Waals surface area contributed by atoms with Crippen LogP contribution in [0.25, 0.3) is 0 Å². The Morgan fingerprint density at radius 2 is 1.77 bits per heavy atom. The van der Waals surface area contributed by atoms with E-state index >= 15 is 0 Å². The summed E-state index contributed by atoms with van der Waals surface area (Å²) in [5.41, 5.74) is 0.182. The number of rotatable bonds is 1. The van der Waals surface area contributed by atoms with E-state index in [1.165, 1.54) is 0 Å². The zero-order chi connectivity index (χ0) is 9.69. The van der Waals surface area contributed by atoms with Gasteiger partial charge in [-0.15, -0.1) is 0 Å². The zero-order valence-electron chi connectivity index (χ0n) is 8.08. The normalized spacial score (nSPS) is 37.2. The van der Waals surface area contributed by atoms with Gasteiger partial charge in [0.25, 0.3) is 0 Å². The molecule has 0 bridgehead atoms. The van der Waals surface area contributed by atoms with E-state index in [-0.39, 0.29) is 5.54 Å². The van der Waals surface area contributed by atoms with Gasteiger partial charge < -0.3 is 0 Å². The molecule has 4 nitrogen and oxygen atoms in total. The Morgan fingerprint density at radius 1 is 1.31 bits per heavy atom. The van der Waals surface area contributed by atoms with Gasteiger partial charge in [-0.3, -0.25) is 10.2 Å². The second-order valence-corrected chi connectivity index (χ2v) is 6.76. The second-order valence-electron chi connectivity index (χ2n) is 4.46. The molecule has 2 rings (SSSR count). The van der Waals surface area contributed by atoms with E-state index in [0.29, 0.717) is 30.8 Å². The predicted molar refractivity (Wildman–Crippen MR) is 51.2 cm³/mol. The first-order chi connectivity index (χ1) is 5.91. The summed E-state index contributed by atoms with van der Waals surface area (Å²) in [6, 6.07) is 0. The van der Waals surface area contributed by atoms with Crippen LogP contribution < -0.4 is 5.32 Å². The highest BCUT2D eigenvalue weighted by Crippen LogP contribution is 2.28. The fourth-order valence-electron chi connectivity index (χ4n) is 1.84. The first kappa shape index (κ1) is 9.43. The predicted octanol–water partition coefficient (Wildman–Crippen LogP) is -0.575. The third-order valence-corrected chi connectivity index (χ3v) is 4.46. The summed E-state index contributed by atoms with van der Waals surface area (Å²) in [5, 5.41) is 3.34. The maximum Gasteiger partial charge on any atom is 0.152 e. The highest BCUT2D eigenvalue weighted by molar-refractivity contribution is 7.91. The van der Waals surface area contributed by atoms with Crippen LogP contribution in [0.2, 0.25) is 0 Å². The van der Waals surface area contributed by atoms with Crippen molar-refractivity contribution in [2.75, 3.05) is 24.6 Å². The number of nitrogens with one attached hydrogen (secondary N) is 1. The largest absolute Gasteiger partial charge is 0.292 e. The molecular weight excluding hydrogens is 188 g/mol. The molecule has 0 amide bonds. The van der Waals surface area contributed by atoms with E-state index in [4.69, 9.17) is 0 Å². The van der Waals surface area contributed by atoms with Crippen LogP contribution in [-0.2, 0) is 9.84 Å². The molecule has 1 unspecified atom stereocenters. The Kier molecular flexibility index (Phi) is 1.94. The van der Waals surface area contributed by atoms with E-state index in [9.17, 15) is 8.42 Å². The van der Waals surface area contributed by atoms with Crippen LogP contribution in [0.15, 0.2) is 0 Å². The molecule has 5 heteroatoms. The summed E-state index contributed by atoms with van der Waals surface area (Å²) in [6.45, 7) is 5.65. The summed E-state index contributed by atoms with van der Waals surface area (Å²) in [6.07, 6.45) is 0.392. The number of sulfone groups is 1. The first-order valence-electron chi connectivity index (χ1n) is 4.63. The van der Waals surface area contributed by atoms with Crippen LogP contribution in [0.4, 0.5) is 0 Å². The molecule has 0 aliphatic carbocycles. The van der Waals surface area contributed by atoms with Crippen molar-refractivity contribution in [3.05, 3.63) is 0 Å². The Labute approximate surface area is 79.2 Å². The molecule has 2 aliphatic rings. The quantitative estimate of drug-likeness (QED) is 0.581. The Morgan fingerprint density at radius 3 is 2.15 bits per heavy atom. The van der Waals surface area contributed by atoms with E-state index in [1.54, 1.807) is 0 Å². The lowest BCUT2D eigenvalue weighted by Gasteiger charge is -2.26. The Hall–Kier alpha value is -0.130. The number of hydrogen-bond donors (Lipinski definition) is 1. The highest BCUT2D eigenvalue weighted by Gasteiger charge is 2.49. The Balaban J connectivity index is 1.93. The van der Waals surface area contributed by atoms with Crippen LogP contribution in [-0.4, -0.2) is 49.6 Å². The second kappa shape index (κ2) is 2.68. The van der Waals surface area contributed by atoms with Gasteiger partial charge in [0.2, 0.25) is 0 Å². The molecule has 2 fully saturated rings. The summed E-state index contributed by atoms with van der Waals surface area (Å²) < 4.78 is 22.3. The van der Waals surface area contributed by atoms with Gasteiger partial charge in [-0.1, -0.05) is 0 Å². The molecule has 2 aliphatic heterocycles. The molecule has 0 radical (unpaired) electrons. The minimum absolute atomic E-state index is 0.182. The molecule has 0 spiro atoms. The van der Waals surface area contributed by atoms with Crippen molar-refractivity contribution in [2.45, 2.75) is 25.6 Å². The molecule has 2 saturated heterocycles. The lowest BCUT2D eigenvalue weighted by atomic mass is 10.2. The SMILES string of the molecule is CC1(C)NC1N1CCS(=O)(=O)CC1. The zero-order valence-corrected chi connectivity index (χ0v) is 8.89. The highest BCUT2D eigenvalue weighted by atomic mass is 32.2. The van der Waals surface area contributed by atoms with Crippen molar-refractivity contribution in [2.24, 2.45) is 0 Å². The van der Waals surface area contributed by atoms with E-state index < -0.39 is 9.84 Å². The Bertz CT molecular complexity index is 296. The molecule has 76 valence electrons.